The first-order chi connectivity index (χ1) is 34.9. The number of piperidine rings is 1. The van der Waals surface area contributed by atoms with Gasteiger partial charge in [-0.05, 0) is 107 Å². The fraction of sp³-hybridized carbons (Fsp3) is 0.431. The van der Waals surface area contributed by atoms with Crippen LogP contribution in [-0.4, -0.2) is 131 Å². The van der Waals surface area contributed by atoms with E-state index in [0.717, 1.165) is 40.4 Å². The standard InChI is InChI=1S/C51H60FN11O8SSi/c1-8-70-32(4)62-27-34(25-54-62)46-47(71-31(2)3)48-56-51(57-63(48)29-53-46)55-41-15-13-38(24-40(41)52)72(67,68)37-11-9-10-35(23-37)58-19-18-42-44(58)28-59(42)36-12-14-39-33(22-36)26-60(49(39)65)43-16-17-45(64)61(50(43)66)30-69-20-21-73(5,6)7/h9-15,22-25,27,29,31-32,42-44H,8,16-21,26,28,30H2,1-7H3,(H,55,57). The first-order valence-corrected chi connectivity index (χ1v) is 30.0. The Labute approximate surface area is 424 Å². The van der Waals surface area contributed by atoms with Crippen molar-refractivity contribution < 1.29 is 41.4 Å². The van der Waals surface area contributed by atoms with E-state index in [1.165, 1.54) is 29.0 Å². The predicted octanol–water partition coefficient (Wildman–Crippen LogP) is 7.30. The van der Waals surface area contributed by atoms with Gasteiger partial charge in [0.2, 0.25) is 27.3 Å². The maximum absolute atomic E-state index is 15.9. The van der Waals surface area contributed by atoms with Gasteiger partial charge in [0, 0.05) is 76.0 Å². The number of amides is 3. The second kappa shape index (κ2) is 19.6. The number of hydrogen-bond donors (Lipinski definition) is 1. The van der Waals surface area contributed by atoms with Crippen LogP contribution in [0, 0.1) is 5.82 Å². The van der Waals surface area contributed by atoms with Crippen LogP contribution in [0.25, 0.3) is 16.9 Å². The van der Waals surface area contributed by atoms with E-state index in [1.807, 2.05) is 52.0 Å². The van der Waals surface area contributed by atoms with E-state index in [9.17, 15) is 22.8 Å². The van der Waals surface area contributed by atoms with Gasteiger partial charge in [-0.15, -0.1) is 5.10 Å². The van der Waals surface area contributed by atoms with Gasteiger partial charge in [0.15, 0.2) is 5.75 Å². The highest BCUT2D eigenvalue weighted by molar-refractivity contribution is 7.91. The van der Waals surface area contributed by atoms with Crippen LogP contribution < -0.4 is 19.9 Å². The molecule has 10 rings (SSSR count). The molecule has 384 valence electrons. The molecule has 73 heavy (non-hydrogen) atoms. The minimum atomic E-state index is -4.15. The smallest absolute Gasteiger partial charge is 0.255 e. The van der Waals surface area contributed by atoms with E-state index in [-0.39, 0.29) is 83.8 Å². The van der Waals surface area contributed by atoms with Crippen molar-refractivity contribution >= 4 is 64.3 Å². The van der Waals surface area contributed by atoms with Crippen LogP contribution >= 0.6 is 0 Å². The molecule has 4 aliphatic heterocycles. The molecular weight excluding hydrogens is 974 g/mol. The number of benzene rings is 3. The van der Waals surface area contributed by atoms with Crippen LogP contribution in [0.5, 0.6) is 5.75 Å². The Bertz CT molecular complexity index is 3230. The summed E-state index contributed by atoms with van der Waals surface area (Å²) in [5, 5.41) is 11.8. The number of carbonyl (C=O) groups is 3. The van der Waals surface area contributed by atoms with Gasteiger partial charge in [0.1, 0.15) is 36.8 Å². The van der Waals surface area contributed by atoms with Crippen molar-refractivity contribution in [3.05, 3.63) is 96.3 Å². The number of anilines is 4. The molecule has 3 fully saturated rings. The Morgan fingerprint density at radius 3 is 2.49 bits per heavy atom. The highest BCUT2D eigenvalue weighted by atomic mass is 32.2. The lowest BCUT2D eigenvalue weighted by Crippen LogP contribution is -2.62. The molecule has 4 atom stereocenters. The first-order valence-electron chi connectivity index (χ1n) is 24.8. The van der Waals surface area contributed by atoms with Crippen LogP contribution in [0.4, 0.5) is 27.4 Å². The van der Waals surface area contributed by atoms with Gasteiger partial charge >= 0.3 is 0 Å². The summed E-state index contributed by atoms with van der Waals surface area (Å²) >= 11 is 0. The SMILES string of the molecule is CCOC(C)n1cc(-c2ncn3nc(Nc4ccc(S(=O)(=O)c5cccc(N6CCC7C6CN7c6ccc7c(c6)CN(C6CCC(=O)N(COCC[Si](C)(C)C)C6=O)C7=O)c5)cc4F)nc3c2OC(C)C)cn1. The average molecular weight is 1030 g/mol. The van der Waals surface area contributed by atoms with Crippen molar-refractivity contribution in [2.75, 3.05) is 48.2 Å². The summed E-state index contributed by atoms with van der Waals surface area (Å²) in [6.45, 7) is 16.8. The molecule has 0 bridgehead atoms. The van der Waals surface area contributed by atoms with Crippen molar-refractivity contribution in [3.8, 4) is 17.0 Å². The van der Waals surface area contributed by atoms with E-state index < -0.39 is 35.7 Å². The van der Waals surface area contributed by atoms with Crippen LogP contribution in [0.15, 0.2) is 89.2 Å². The Balaban J connectivity index is 0.792. The molecule has 4 aliphatic rings. The molecule has 3 amide bonds. The maximum atomic E-state index is 15.9. The second-order valence-corrected chi connectivity index (χ2v) is 28.0. The second-order valence-electron chi connectivity index (χ2n) is 20.4. The van der Waals surface area contributed by atoms with Gasteiger partial charge in [0.25, 0.3) is 11.8 Å². The molecule has 19 nitrogen and oxygen atoms in total. The number of rotatable bonds is 18. The minimum absolute atomic E-state index is 0.0306. The van der Waals surface area contributed by atoms with Gasteiger partial charge in [0.05, 0.1) is 39.9 Å². The molecule has 1 N–H and O–H groups in total. The van der Waals surface area contributed by atoms with Crippen molar-refractivity contribution in [2.45, 2.75) is 119 Å². The minimum Gasteiger partial charge on any atom is -0.485 e. The van der Waals surface area contributed by atoms with E-state index in [0.29, 0.717) is 54.5 Å². The number of fused-ring (bicyclic) bond motifs is 3. The molecule has 3 aromatic carbocycles. The normalized spacial score (nSPS) is 19.5. The number of ether oxygens (including phenoxy) is 3. The quantitative estimate of drug-likeness (QED) is 0.0511. The molecule has 4 unspecified atom stereocenters. The first kappa shape index (κ1) is 49.8. The summed E-state index contributed by atoms with van der Waals surface area (Å²) in [6.07, 6.45) is 5.67. The Hall–Kier alpha value is -6.75. The van der Waals surface area contributed by atoms with Gasteiger partial charge in [-0.2, -0.15) is 14.6 Å². The zero-order valence-corrected chi connectivity index (χ0v) is 43.8. The number of sulfone groups is 1. The molecule has 7 heterocycles. The largest absolute Gasteiger partial charge is 0.485 e. The van der Waals surface area contributed by atoms with Crippen molar-refractivity contribution in [2.24, 2.45) is 0 Å². The van der Waals surface area contributed by atoms with Crippen LogP contribution in [-0.2, 0) is 35.4 Å². The van der Waals surface area contributed by atoms with Gasteiger partial charge in [-0.3, -0.25) is 19.3 Å². The highest BCUT2D eigenvalue weighted by Crippen LogP contribution is 2.42. The third-order valence-corrected chi connectivity index (χ3v) is 17.4. The number of hydrogen-bond acceptors (Lipinski definition) is 15. The Morgan fingerprint density at radius 1 is 0.932 bits per heavy atom. The molecule has 3 saturated heterocycles. The number of imide groups is 1. The third-order valence-electron chi connectivity index (χ3n) is 13.9. The van der Waals surface area contributed by atoms with Gasteiger partial charge in [-0.1, -0.05) is 25.7 Å². The lowest BCUT2D eigenvalue weighted by atomic mass is 9.95. The summed E-state index contributed by atoms with van der Waals surface area (Å²) in [7, 11) is -5.50. The fourth-order valence-corrected chi connectivity index (χ4v) is 12.1. The topological polar surface area (TPSA) is 199 Å². The van der Waals surface area contributed by atoms with E-state index in [2.05, 4.69) is 54.9 Å². The van der Waals surface area contributed by atoms with Gasteiger partial charge < -0.3 is 34.2 Å². The van der Waals surface area contributed by atoms with E-state index in [4.69, 9.17) is 14.2 Å². The van der Waals surface area contributed by atoms with Crippen LogP contribution in [0.2, 0.25) is 25.7 Å². The summed E-state index contributed by atoms with van der Waals surface area (Å²) < 4.78 is 64.9. The molecule has 3 aromatic heterocycles. The fourth-order valence-electron chi connectivity index (χ4n) is 10.0. The van der Waals surface area contributed by atoms with Crippen molar-refractivity contribution in [1.82, 2.24) is 39.2 Å². The van der Waals surface area contributed by atoms with Crippen molar-refractivity contribution in [3.63, 3.8) is 0 Å². The summed E-state index contributed by atoms with van der Waals surface area (Å²) in [6, 6.07) is 16.7. The molecule has 22 heteroatoms. The average Bonchev–Trinajstić information content (AvgIpc) is 4.14. The van der Waals surface area contributed by atoms with E-state index >= 15 is 4.39 Å². The highest BCUT2D eigenvalue weighted by Gasteiger charge is 2.48. The van der Waals surface area contributed by atoms with Crippen LogP contribution in [0.1, 0.15) is 69.1 Å². The zero-order chi connectivity index (χ0) is 51.5. The predicted molar refractivity (Wildman–Crippen MR) is 273 cm³/mol. The summed E-state index contributed by atoms with van der Waals surface area (Å²) in [5.74, 6) is -1.32. The molecule has 0 aliphatic carbocycles. The molecule has 0 saturated carbocycles. The zero-order valence-electron chi connectivity index (χ0n) is 42.0. The molecule has 0 spiro atoms. The Kier molecular flexibility index (Phi) is 13.4. The third kappa shape index (κ3) is 9.67. The molecule has 6 aromatic rings. The number of nitrogens with zero attached hydrogens (tertiary/aromatic N) is 10. The lowest BCUT2D eigenvalue weighted by Gasteiger charge is -2.49. The summed E-state index contributed by atoms with van der Waals surface area (Å²) in [5.41, 5.74) is 4.56. The number of nitrogens with one attached hydrogen (secondary N) is 1. The monoisotopic (exact) mass is 1030 g/mol. The maximum Gasteiger partial charge on any atom is 0.255 e. The summed E-state index contributed by atoms with van der Waals surface area (Å²) in [4.78, 5) is 56.4. The van der Waals surface area contributed by atoms with Crippen LogP contribution in [0.3, 0.4) is 0 Å². The van der Waals surface area contributed by atoms with Crippen molar-refractivity contribution in [1.29, 1.82) is 0 Å². The lowest BCUT2D eigenvalue weighted by molar-refractivity contribution is -0.158. The number of halogens is 1. The van der Waals surface area contributed by atoms with E-state index in [1.54, 1.807) is 34.1 Å². The molecule has 0 radical (unpaired) electrons. The number of aromatic nitrogens is 6. The Morgan fingerprint density at radius 2 is 1.73 bits per heavy atom. The number of carbonyl (C=O) groups excluding carboxylic acids is 3. The number of likely N-dealkylation sites (tertiary alicyclic amines) is 1. The molecular formula is C51H60FN11O8SSi. The van der Waals surface area contributed by atoms with Gasteiger partial charge in [-0.25, -0.2) is 22.5 Å².